The minimum Gasteiger partial charge on any atom is -0.449 e. The van der Waals surface area contributed by atoms with Crippen molar-refractivity contribution in [2.75, 3.05) is 6.61 Å². The molecule has 0 bridgehead atoms. The van der Waals surface area contributed by atoms with Gasteiger partial charge in [0, 0.05) is 16.9 Å². The van der Waals surface area contributed by atoms with E-state index in [1.807, 2.05) is 0 Å². The van der Waals surface area contributed by atoms with Gasteiger partial charge in [0.15, 0.2) is 17.0 Å². The summed E-state index contributed by atoms with van der Waals surface area (Å²) in [6.45, 7) is 1.49. The van der Waals surface area contributed by atoms with Gasteiger partial charge in [0.2, 0.25) is 11.0 Å². The first kappa shape index (κ1) is 25.1. The van der Waals surface area contributed by atoms with E-state index in [1.165, 1.54) is 6.92 Å². The molecule has 2 aliphatic rings. The lowest BCUT2D eigenvalue weighted by Crippen LogP contribution is -2.60. The van der Waals surface area contributed by atoms with Gasteiger partial charge in [-0.15, -0.1) is 0 Å². The van der Waals surface area contributed by atoms with Crippen molar-refractivity contribution in [2.45, 2.75) is 42.5 Å². The van der Waals surface area contributed by atoms with Crippen LogP contribution in [-0.4, -0.2) is 37.7 Å². The Labute approximate surface area is 216 Å². The highest BCUT2D eigenvalue weighted by Gasteiger charge is 2.59. The standard InChI is InChI=1S/C23H22ClN5O7S/c1-2-34-20(31)29-37(32,33)17-6-5-16(35-17)18(30)28-23(26)8-7-21(12-23)10-22(25,11-21)19-27-14-9-13(24)3-4-15(14)36-19/h3-6,9H,2,10-12,25-26H2,1H3,(H,28,30)(H,29,31)/t21?,22?,23-/m0/s1. The number of nitrogens with two attached hydrogens (primary N) is 2. The van der Waals surface area contributed by atoms with Gasteiger partial charge in [-0.3, -0.25) is 10.5 Å². The molecule has 2 aromatic heterocycles. The summed E-state index contributed by atoms with van der Waals surface area (Å²) < 4.78 is 41.7. The van der Waals surface area contributed by atoms with Crippen LogP contribution in [0, 0.1) is 17.3 Å². The van der Waals surface area contributed by atoms with Gasteiger partial charge in [-0.25, -0.2) is 14.5 Å². The largest absolute Gasteiger partial charge is 0.449 e. The summed E-state index contributed by atoms with van der Waals surface area (Å²) in [6, 6.07) is 7.29. The third-order valence-electron chi connectivity index (χ3n) is 6.15. The topological polar surface area (TPSA) is 193 Å². The van der Waals surface area contributed by atoms with Crippen LogP contribution in [-0.2, 0) is 20.3 Å². The van der Waals surface area contributed by atoms with Gasteiger partial charge < -0.3 is 24.6 Å². The first-order chi connectivity index (χ1) is 17.3. The van der Waals surface area contributed by atoms with Crippen molar-refractivity contribution < 1.29 is 31.6 Å². The van der Waals surface area contributed by atoms with E-state index in [0.717, 1.165) is 12.1 Å². The molecular formula is C23H22ClN5O7S. The molecule has 1 aromatic carbocycles. The zero-order valence-electron chi connectivity index (χ0n) is 19.5. The van der Waals surface area contributed by atoms with E-state index >= 15 is 0 Å². The van der Waals surface area contributed by atoms with Crippen molar-refractivity contribution in [3.05, 3.63) is 47.0 Å². The second-order valence-electron chi connectivity index (χ2n) is 9.22. The van der Waals surface area contributed by atoms with Crippen molar-refractivity contribution in [3.8, 4) is 11.8 Å². The number of nitrogens with one attached hydrogen (secondary N) is 2. The van der Waals surface area contributed by atoms with E-state index in [0.29, 0.717) is 34.9 Å². The number of benzene rings is 1. The first-order valence-corrected chi connectivity index (χ1v) is 13.0. The molecule has 5 rings (SSSR count). The number of carbonyl (C=O) groups is 2. The fourth-order valence-corrected chi connectivity index (χ4v) is 5.74. The number of furan rings is 1. The number of rotatable bonds is 6. The summed E-state index contributed by atoms with van der Waals surface area (Å²) in [7, 11) is -4.37. The summed E-state index contributed by atoms with van der Waals surface area (Å²) in [5.41, 5.74) is 11.3. The molecule has 0 radical (unpaired) electrons. The molecule has 2 amide bonds. The summed E-state index contributed by atoms with van der Waals surface area (Å²) in [5.74, 6) is 5.23. The molecule has 14 heteroatoms. The predicted molar refractivity (Wildman–Crippen MR) is 129 cm³/mol. The molecule has 6 N–H and O–H groups in total. The van der Waals surface area contributed by atoms with E-state index in [-0.39, 0.29) is 18.8 Å². The van der Waals surface area contributed by atoms with Crippen molar-refractivity contribution in [2.24, 2.45) is 16.9 Å². The third-order valence-corrected chi connectivity index (χ3v) is 7.57. The third kappa shape index (κ3) is 4.64. The molecule has 0 aliphatic heterocycles. The average molecular weight is 548 g/mol. The molecule has 1 atom stereocenters. The lowest BCUT2D eigenvalue weighted by molar-refractivity contribution is 0.0408. The maximum atomic E-state index is 12.7. The van der Waals surface area contributed by atoms with E-state index in [1.54, 1.807) is 22.9 Å². The van der Waals surface area contributed by atoms with Crippen molar-refractivity contribution in [3.63, 3.8) is 0 Å². The monoisotopic (exact) mass is 547 g/mol. The lowest BCUT2D eigenvalue weighted by atomic mass is 9.57. The molecule has 12 nitrogen and oxygen atoms in total. The summed E-state index contributed by atoms with van der Waals surface area (Å²) in [6.07, 6.45) is -0.112. The average Bonchev–Trinajstić information content (AvgIpc) is 3.50. The van der Waals surface area contributed by atoms with Crippen molar-refractivity contribution in [1.29, 1.82) is 0 Å². The number of sulfonamides is 1. The summed E-state index contributed by atoms with van der Waals surface area (Å²) in [5, 5.41) is 2.48. The maximum Gasteiger partial charge on any atom is 0.421 e. The Balaban J connectivity index is 1.24. The Morgan fingerprint density at radius 3 is 2.65 bits per heavy atom. The van der Waals surface area contributed by atoms with Crippen LogP contribution in [0.1, 0.15) is 42.6 Å². The van der Waals surface area contributed by atoms with Crippen LogP contribution in [0.2, 0.25) is 5.02 Å². The molecule has 194 valence electrons. The first-order valence-electron chi connectivity index (χ1n) is 11.1. The summed E-state index contributed by atoms with van der Waals surface area (Å²) in [4.78, 5) is 28.7. The van der Waals surface area contributed by atoms with E-state index in [4.69, 9.17) is 31.9 Å². The van der Waals surface area contributed by atoms with Crippen LogP contribution in [0.5, 0.6) is 0 Å². The van der Waals surface area contributed by atoms with Gasteiger partial charge in [-0.2, -0.15) is 8.42 Å². The second-order valence-corrected chi connectivity index (χ2v) is 11.3. The number of amides is 2. The van der Waals surface area contributed by atoms with E-state index < -0.39 is 43.7 Å². The van der Waals surface area contributed by atoms with Gasteiger partial charge in [-0.1, -0.05) is 23.4 Å². The lowest BCUT2D eigenvalue weighted by Gasteiger charge is -2.49. The van der Waals surface area contributed by atoms with Gasteiger partial charge in [-0.05, 0) is 50.1 Å². The zero-order valence-corrected chi connectivity index (χ0v) is 21.0. The zero-order chi connectivity index (χ0) is 26.6. The number of halogens is 1. The van der Waals surface area contributed by atoms with Crippen LogP contribution in [0.3, 0.4) is 0 Å². The number of hydrogen-bond acceptors (Lipinski definition) is 10. The number of oxazole rings is 1. The number of ether oxygens (including phenoxy) is 1. The number of hydrogen-bond donors (Lipinski definition) is 4. The molecule has 37 heavy (non-hydrogen) atoms. The molecule has 1 saturated carbocycles. The SMILES string of the molecule is CCOC(=O)NS(=O)(=O)c1ccc(C(=O)N[C@@]2(N)C#CC3(CC(N)(c4nc5cc(Cl)ccc5o4)C3)C2)o1. The van der Waals surface area contributed by atoms with Gasteiger partial charge in [0.25, 0.3) is 15.9 Å². The molecule has 3 aromatic rings. The molecule has 1 fully saturated rings. The predicted octanol–water partition coefficient (Wildman–Crippen LogP) is 1.94. The Kier molecular flexibility index (Phi) is 5.76. The highest BCUT2D eigenvalue weighted by atomic mass is 35.5. The number of nitrogens with zero attached hydrogens (tertiary/aromatic N) is 1. The Bertz CT molecular complexity index is 1600. The smallest absolute Gasteiger partial charge is 0.421 e. The molecule has 2 heterocycles. The highest BCUT2D eigenvalue weighted by Crippen LogP contribution is 2.57. The second kappa shape index (κ2) is 8.49. The van der Waals surface area contributed by atoms with Crippen molar-refractivity contribution in [1.82, 2.24) is 15.0 Å². The van der Waals surface area contributed by atoms with Gasteiger partial charge in [0.05, 0.1) is 12.1 Å². The van der Waals surface area contributed by atoms with E-state index in [9.17, 15) is 18.0 Å². The molecule has 2 aliphatic carbocycles. The minimum atomic E-state index is -4.37. The van der Waals surface area contributed by atoms with Crippen LogP contribution < -0.4 is 21.5 Å². The highest BCUT2D eigenvalue weighted by molar-refractivity contribution is 7.89. The molecule has 0 saturated heterocycles. The minimum absolute atomic E-state index is 0.0246. The maximum absolute atomic E-state index is 12.7. The van der Waals surface area contributed by atoms with Crippen LogP contribution >= 0.6 is 11.6 Å². The summed E-state index contributed by atoms with van der Waals surface area (Å²) >= 11 is 6.02. The molecular weight excluding hydrogens is 526 g/mol. The van der Waals surface area contributed by atoms with Gasteiger partial charge in [0.1, 0.15) is 5.52 Å². The normalized spacial score (nSPS) is 26.4. The van der Waals surface area contributed by atoms with E-state index in [2.05, 4.69) is 26.9 Å². The van der Waals surface area contributed by atoms with Crippen LogP contribution in [0.4, 0.5) is 4.79 Å². The Hall–Kier alpha value is -3.57. The van der Waals surface area contributed by atoms with Crippen LogP contribution in [0.25, 0.3) is 11.1 Å². The number of fused-ring (bicyclic) bond motifs is 1. The van der Waals surface area contributed by atoms with Crippen LogP contribution in [0.15, 0.2) is 44.3 Å². The fraction of sp³-hybridized carbons (Fsp3) is 0.348. The van der Waals surface area contributed by atoms with Gasteiger partial charge >= 0.3 is 6.09 Å². The number of aromatic nitrogens is 1. The molecule has 0 unspecified atom stereocenters. The number of carbonyl (C=O) groups excluding carboxylic acids is 2. The quantitative estimate of drug-likeness (QED) is 0.261. The fourth-order valence-electron chi connectivity index (χ4n) is 4.75. The Morgan fingerprint density at radius 1 is 1.16 bits per heavy atom. The van der Waals surface area contributed by atoms with Crippen molar-refractivity contribution >= 4 is 44.7 Å². The molecule has 1 spiro atoms. The Morgan fingerprint density at radius 2 is 1.92 bits per heavy atom.